The van der Waals surface area contributed by atoms with Crippen LogP contribution in [-0.4, -0.2) is 32.1 Å². The third-order valence-corrected chi connectivity index (χ3v) is 2.98. The van der Waals surface area contributed by atoms with Crippen LogP contribution in [0.5, 0.6) is 0 Å². The van der Waals surface area contributed by atoms with Gasteiger partial charge in [-0.25, -0.2) is 8.78 Å². The molecule has 0 saturated carbocycles. The van der Waals surface area contributed by atoms with Crippen LogP contribution in [0.1, 0.15) is 24.9 Å². The molecular formula is C13H20F2N2. The van der Waals surface area contributed by atoms with E-state index in [9.17, 15) is 8.78 Å². The summed E-state index contributed by atoms with van der Waals surface area (Å²) >= 11 is 0. The topological polar surface area (TPSA) is 15.3 Å². The van der Waals surface area contributed by atoms with Gasteiger partial charge in [0.15, 0.2) is 0 Å². The predicted octanol–water partition coefficient (Wildman–Crippen LogP) is 2.57. The van der Waals surface area contributed by atoms with Crippen molar-refractivity contribution in [2.24, 2.45) is 0 Å². The molecule has 2 nitrogen and oxygen atoms in total. The highest BCUT2D eigenvalue weighted by atomic mass is 19.1. The van der Waals surface area contributed by atoms with E-state index in [0.717, 1.165) is 25.6 Å². The normalized spacial score (nSPS) is 13.1. The van der Waals surface area contributed by atoms with Crippen molar-refractivity contribution < 1.29 is 8.78 Å². The molecule has 0 aliphatic carbocycles. The quantitative estimate of drug-likeness (QED) is 0.824. The molecule has 1 atom stereocenters. The smallest absolute Gasteiger partial charge is 0.126 e. The molecule has 0 amide bonds. The van der Waals surface area contributed by atoms with E-state index in [2.05, 4.69) is 17.1 Å². The molecule has 1 unspecified atom stereocenters. The number of nitrogens with zero attached hydrogens (tertiary/aromatic N) is 1. The summed E-state index contributed by atoms with van der Waals surface area (Å²) in [6.07, 6.45) is 0.823. The fourth-order valence-electron chi connectivity index (χ4n) is 1.76. The van der Waals surface area contributed by atoms with Crippen molar-refractivity contribution in [2.45, 2.75) is 19.4 Å². The lowest BCUT2D eigenvalue weighted by Crippen LogP contribution is -2.25. The molecule has 0 bridgehead atoms. The SMILES string of the molecule is CCN(C)CCC(NC)c1cc(F)cc(F)c1. The summed E-state index contributed by atoms with van der Waals surface area (Å²) in [5.74, 6) is -1.05. The zero-order chi connectivity index (χ0) is 12.8. The van der Waals surface area contributed by atoms with Crippen LogP contribution in [0.15, 0.2) is 18.2 Å². The van der Waals surface area contributed by atoms with Crippen LogP contribution >= 0.6 is 0 Å². The molecule has 1 N–H and O–H groups in total. The third kappa shape index (κ3) is 4.40. The monoisotopic (exact) mass is 242 g/mol. The van der Waals surface area contributed by atoms with E-state index in [1.165, 1.54) is 12.1 Å². The molecule has 0 spiro atoms. The van der Waals surface area contributed by atoms with Gasteiger partial charge in [0.1, 0.15) is 11.6 Å². The summed E-state index contributed by atoms with van der Waals surface area (Å²) in [6, 6.07) is 3.65. The maximum atomic E-state index is 13.1. The van der Waals surface area contributed by atoms with Crippen LogP contribution in [0.25, 0.3) is 0 Å². The van der Waals surface area contributed by atoms with E-state index >= 15 is 0 Å². The lowest BCUT2D eigenvalue weighted by atomic mass is 10.0. The zero-order valence-corrected chi connectivity index (χ0v) is 10.6. The Hall–Kier alpha value is -1.00. The second-order valence-electron chi connectivity index (χ2n) is 4.23. The van der Waals surface area contributed by atoms with Gasteiger partial charge in [0.25, 0.3) is 0 Å². The Bertz CT molecular complexity index is 335. The van der Waals surface area contributed by atoms with Crippen LogP contribution in [0, 0.1) is 11.6 Å². The second-order valence-corrected chi connectivity index (χ2v) is 4.23. The maximum Gasteiger partial charge on any atom is 0.126 e. The average Bonchev–Trinajstić information content (AvgIpc) is 2.28. The van der Waals surface area contributed by atoms with Gasteiger partial charge in [-0.05, 0) is 51.3 Å². The van der Waals surface area contributed by atoms with Gasteiger partial charge in [-0.1, -0.05) is 6.92 Å². The number of rotatable bonds is 6. The average molecular weight is 242 g/mol. The molecule has 1 aromatic rings. The molecule has 0 saturated heterocycles. The van der Waals surface area contributed by atoms with Gasteiger partial charge in [-0.15, -0.1) is 0 Å². The van der Waals surface area contributed by atoms with Gasteiger partial charge < -0.3 is 10.2 Å². The Labute approximate surface area is 102 Å². The number of benzene rings is 1. The van der Waals surface area contributed by atoms with Crippen LogP contribution < -0.4 is 5.32 Å². The Morgan fingerprint density at radius 3 is 2.29 bits per heavy atom. The van der Waals surface area contributed by atoms with E-state index in [4.69, 9.17) is 0 Å². The first-order chi connectivity index (χ1) is 8.06. The number of hydrogen-bond acceptors (Lipinski definition) is 2. The van der Waals surface area contributed by atoms with Crippen LogP contribution in [0.4, 0.5) is 8.78 Å². The highest BCUT2D eigenvalue weighted by molar-refractivity contribution is 5.21. The molecule has 4 heteroatoms. The Morgan fingerprint density at radius 1 is 1.24 bits per heavy atom. The third-order valence-electron chi connectivity index (χ3n) is 2.98. The lowest BCUT2D eigenvalue weighted by Gasteiger charge is -2.20. The molecule has 96 valence electrons. The second kappa shape index (κ2) is 6.67. The molecule has 0 heterocycles. The van der Waals surface area contributed by atoms with Crippen LogP contribution in [-0.2, 0) is 0 Å². The van der Waals surface area contributed by atoms with Gasteiger partial charge >= 0.3 is 0 Å². The van der Waals surface area contributed by atoms with Crippen LogP contribution in [0.2, 0.25) is 0 Å². The first-order valence-electron chi connectivity index (χ1n) is 5.88. The summed E-state index contributed by atoms with van der Waals surface area (Å²) in [7, 11) is 3.83. The molecule has 17 heavy (non-hydrogen) atoms. The molecular weight excluding hydrogens is 222 g/mol. The van der Waals surface area contributed by atoms with Crippen molar-refractivity contribution in [3.05, 3.63) is 35.4 Å². The molecule has 0 aliphatic rings. The Balaban J connectivity index is 2.72. The van der Waals surface area contributed by atoms with Gasteiger partial charge in [0.05, 0.1) is 0 Å². The van der Waals surface area contributed by atoms with E-state index in [1.807, 2.05) is 7.05 Å². The first-order valence-corrected chi connectivity index (χ1v) is 5.88. The van der Waals surface area contributed by atoms with Crippen molar-refractivity contribution >= 4 is 0 Å². The van der Waals surface area contributed by atoms with Crippen LogP contribution in [0.3, 0.4) is 0 Å². The minimum atomic E-state index is -0.524. The molecule has 0 radical (unpaired) electrons. The van der Waals surface area contributed by atoms with E-state index in [0.29, 0.717) is 5.56 Å². The number of hydrogen-bond donors (Lipinski definition) is 1. The summed E-state index contributed by atoms with van der Waals surface area (Å²) < 4.78 is 26.2. The minimum absolute atomic E-state index is 0.0193. The fourth-order valence-corrected chi connectivity index (χ4v) is 1.76. The van der Waals surface area contributed by atoms with Crippen molar-refractivity contribution in [2.75, 3.05) is 27.2 Å². The number of nitrogens with one attached hydrogen (secondary N) is 1. The summed E-state index contributed by atoms with van der Waals surface area (Å²) in [5.41, 5.74) is 0.662. The number of halogens is 2. The minimum Gasteiger partial charge on any atom is -0.313 e. The lowest BCUT2D eigenvalue weighted by molar-refractivity contribution is 0.325. The fraction of sp³-hybridized carbons (Fsp3) is 0.538. The van der Waals surface area contributed by atoms with Crippen molar-refractivity contribution in [3.63, 3.8) is 0 Å². The molecule has 0 fully saturated rings. The van der Waals surface area contributed by atoms with Crippen molar-refractivity contribution in [1.29, 1.82) is 0 Å². The summed E-state index contributed by atoms with van der Waals surface area (Å²) in [5, 5.41) is 3.09. The largest absolute Gasteiger partial charge is 0.313 e. The molecule has 1 aromatic carbocycles. The van der Waals surface area contributed by atoms with Gasteiger partial charge in [0, 0.05) is 12.1 Å². The van der Waals surface area contributed by atoms with E-state index in [1.54, 1.807) is 7.05 Å². The molecule has 0 aliphatic heterocycles. The summed E-state index contributed by atoms with van der Waals surface area (Å²) in [4.78, 5) is 2.17. The van der Waals surface area contributed by atoms with Gasteiger partial charge in [-0.3, -0.25) is 0 Å². The van der Waals surface area contributed by atoms with Crippen molar-refractivity contribution in [3.8, 4) is 0 Å². The van der Waals surface area contributed by atoms with E-state index < -0.39 is 11.6 Å². The molecule has 0 aromatic heterocycles. The van der Waals surface area contributed by atoms with Crippen molar-refractivity contribution in [1.82, 2.24) is 10.2 Å². The maximum absolute atomic E-state index is 13.1. The summed E-state index contributed by atoms with van der Waals surface area (Å²) in [6.45, 7) is 3.93. The van der Waals surface area contributed by atoms with Gasteiger partial charge in [-0.2, -0.15) is 0 Å². The zero-order valence-electron chi connectivity index (χ0n) is 10.6. The Kier molecular flexibility index (Phi) is 5.51. The Morgan fingerprint density at radius 2 is 1.82 bits per heavy atom. The first kappa shape index (κ1) is 14.1. The predicted molar refractivity (Wildman–Crippen MR) is 65.9 cm³/mol. The standard InChI is InChI=1S/C13H20F2N2/c1-4-17(3)6-5-13(16-2)10-7-11(14)9-12(15)8-10/h7-9,13,16H,4-6H2,1-3H3. The highest BCUT2D eigenvalue weighted by Gasteiger charge is 2.12. The van der Waals surface area contributed by atoms with E-state index in [-0.39, 0.29) is 6.04 Å². The van der Waals surface area contributed by atoms with Gasteiger partial charge in [0.2, 0.25) is 0 Å². The highest BCUT2D eigenvalue weighted by Crippen LogP contribution is 2.19. The molecule has 1 rings (SSSR count).